The summed E-state index contributed by atoms with van der Waals surface area (Å²) in [7, 11) is 3.98. The lowest BCUT2D eigenvalue weighted by Gasteiger charge is -2.24. The maximum atomic E-state index is 13.2. The lowest BCUT2D eigenvalue weighted by Crippen LogP contribution is -2.29. The Labute approximate surface area is 396 Å². The average Bonchev–Trinajstić information content (AvgIpc) is 3.61. The van der Waals surface area contributed by atoms with Gasteiger partial charge in [-0.1, -0.05) is 123 Å². The van der Waals surface area contributed by atoms with Gasteiger partial charge in [-0.25, -0.2) is 0 Å². The summed E-state index contributed by atoms with van der Waals surface area (Å²) in [6, 6.07) is 0. The molecular weight excluding hydrogens is 823 g/mol. The molecule has 0 bridgehead atoms. The van der Waals surface area contributed by atoms with Crippen molar-refractivity contribution in [1.82, 2.24) is 4.90 Å². The number of rotatable bonds is 43. The minimum Gasteiger partial charge on any atom is -0.465 e. The molecule has 11 heteroatoms. The second-order valence-electron chi connectivity index (χ2n) is 19.0. The molecule has 0 heterocycles. The Kier molecular flexibility index (Phi) is 38.4. The van der Waals surface area contributed by atoms with Gasteiger partial charge in [0, 0.05) is 38.0 Å². The predicted molar refractivity (Wildman–Crippen MR) is 262 cm³/mol. The first-order valence-electron chi connectivity index (χ1n) is 26.4. The molecule has 0 aromatic heterocycles. The van der Waals surface area contributed by atoms with Crippen LogP contribution < -0.4 is 0 Å². The topological polar surface area (TPSA) is 138 Å². The zero-order valence-electron chi connectivity index (χ0n) is 42.4. The van der Waals surface area contributed by atoms with E-state index in [1.807, 2.05) is 14.1 Å². The number of aliphatic hydroxyl groups excluding tert-OH is 1. The normalized spacial score (nSPS) is 17.3. The number of carbonyl (C=O) groups excluding carboxylic acids is 4. The highest BCUT2D eigenvalue weighted by Crippen LogP contribution is 2.37. The van der Waals surface area contributed by atoms with Crippen molar-refractivity contribution in [2.75, 3.05) is 40.5 Å². The molecule has 0 saturated heterocycles. The number of allylic oxidation sites excluding steroid dienone is 4. The fourth-order valence-electron chi connectivity index (χ4n) is 8.32. The van der Waals surface area contributed by atoms with Crippen LogP contribution in [0.25, 0.3) is 0 Å². The van der Waals surface area contributed by atoms with Crippen molar-refractivity contribution >= 4 is 23.9 Å². The molecule has 1 N–H and O–H groups in total. The minimum atomic E-state index is -1.01. The molecule has 5 atom stereocenters. The van der Waals surface area contributed by atoms with E-state index in [0.717, 1.165) is 96.4 Å². The molecule has 0 aromatic rings. The lowest BCUT2D eigenvalue weighted by molar-refractivity contribution is -0.166. The van der Waals surface area contributed by atoms with Crippen LogP contribution in [-0.2, 0) is 42.9 Å². The summed E-state index contributed by atoms with van der Waals surface area (Å²) in [5.41, 5.74) is 0. The quantitative estimate of drug-likeness (QED) is 0.0206. The van der Waals surface area contributed by atoms with Gasteiger partial charge >= 0.3 is 23.9 Å². The van der Waals surface area contributed by atoms with Crippen LogP contribution >= 0.6 is 0 Å². The van der Waals surface area contributed by atoms with Crippen molar-refractivity contribution in [3.63, 3.8) is 0 Å². The molecule has 0 aliphatic heterocycles. The fourth-order valence-corrected chi connectivity index (χ4v) is 8.32. The second kappa shape index (κ2) is 41.4. The summed E-state index contributed by atoms with van der Waals surface area (Å²) in [6.45, 7) is 9.85. The van der Waals surface area contributed by atoms with Crippen molar-refractivity contribution in [2.45, 2.75) is 239 Å². The van der Waals surface area contributed by atoms with Crippen LogP contribution in [0.4, 0.5) is 0 Å². The Morgan fingerprint density at radius 2 is 1.12 bits per heavy atom. The molecular formula is C54H97NO10. The van der Waals surface area contributed by atoms with E-state index >= 15 is 0 Å². The molecule has 0 spiro atoms. The van der Waals surface area contributed by atoms with E-state index in [4.69, 9.17) is 23.7 Å². The highest BCUT2D eigenvalue weighted by Gasteiger charge is 2.36. The summed E-state index contributed by atoms with van der Waals surface area (Å²) < 4.78 is 28.9. The van der Waals surface area contributed by atoms with Gasteiger partial charge in [-0.3, -0.25) is 19.2 Å². The predicted octanol–water partition coefficient (Wildman–Crippen LogP) is 12.6. The molecule has 1 fully saturated rings. The number of esters is 4. The molecule has 1 aliphatic rings. The van der Waals surface area contributed by atoms with Crippen molar-refractivity contribution in [1.29, 1.82) is 0 Å². The summed E-state index contributed by atoms with van der Waals surface area (Å²) in [4.78, 5) is 52.4. The Balaban J connectivity index is 2.66. The van der Waals surface area contributed by atoms with E-state index < -0.39 is 12.4 Å². The average molecular weight is 920 g/mol. The lowest BCUT2D eigenvalue weighted by atomic mass is 9.93. The van der Waals surface area contributed by atoms with Crippen LogP contribution in [0.5, 0.6) is 0 Å². The Hall–Kier alpha value is -2.76. The largest absolute Gasteiger partial charge is 0.465 e. The van der Waals surface area contributed by atoms with Crippen LogP contribution in [0, 0.1) is 17.8 Å². The van der Waals surface area contributed by atoms with E-state index in [0.29, 0.717) is 51.4 Å². The molecule has 1 aliphatic carbocycles. The van der Waals surface area contributed by atoms with E-state index in [1.165, 1.54) is 44.9 Å². The summed E-state index contributed by atoms with van der Waals surface area (Å²) >= 11 is 0. The maximum Gasteiger partial charge on any atom is 0.306 e. The smallest absolute Gasteiger partial charge is 0.306 e. The SMILES string of the molecule is CCCCC/C=C\C/C=C\CCCCCCCCC(COC(O)CC1CCC(OC(=O)CCCN(C)C)C1C)OC(=O)CCCCC(COC(=O)CCCCC)COC(=O)CCCCC. The van der Waals surface area contributed by atoms with E-state index in [9.17, 15) is 24.3 Å². The van der Waals surface area contributed by atoms with Gasteiger partial charge in [0.1, 0.15) is 12.2 Å². The molecule has 65 heavy (non-hydrogen) atoms. The monoisotopic (exact) mass is 920 g/mol. The van der Waals surface area contributed by atoms with Crippen molar-refractivity contribution < 1.29 is 48.0 Å². The summed E-state index contributed by atoms with van der Waals surface area (Å²) in [5, 5.41) is 11.0. The van der Waals surface area contributed by atoms with Gasteiger partial charge in [0.15, 0.2) is 6.29 Å². The number of hydrogen-bond acceptors (Lipinski definition) is 11. The third-order valence-electron chi connectivity index (χ3n) is 12.6. The Morgan fingerprint density at radius 1 is 0.600 bits per heavy atom. The van der Waals surface area contributed by atoms with Gasteiger partial charge in [0.25, 0.3) is 0 Å². The first-order valence-corrected chi connectivity index (χ1v) is 26.4. The summed E-state index contributed by atoms with van der Waals surface area (Å²) in [6.07, 6.45) is 33.8. The van der Waals surface area contributed by atoms with Crippen molar-refractivity contribution in [2.24, 2.45) is 17.8 Å². The molecule has 1 saturated carbocycles. The molecule has 11 nitrogen and oxygen atoms in total. The van der Waals surface area contributed by atoms with Crippen molar-refractivity contribution in [3.05, 3.63) is 24.3 Å². The Bertz CT molecular complexity index is 1230. The number of carbonyl (C=O) groups is 4. The molecule has 0 amide bonds. The van der Waals surface area contributed by atoms with Crippen LogP contribution in [0.1, 0.15) is 220 Å². The number of ether oxygens (including phenoxy) is 5. The van der Waals surface area contributed by atoms with Gasteiger partial charge < -0.3 is 33.7 Å². The number of hydrogen-bond donors (Lipinski definition) is 1. The minimum absolute atomic E-state index is 0.119. The van der Waals surface area contributed by atoms with Crippen LogP contribution in [0.3, 0.4) is 0 Å². The Morgan fingerprint density at radius 3 is 1.74 bits per heavy atom. The van der Waals surface area contributed by atoms with E-state index in [1.54, 1.807) is 0 Å². The first-order chi connectivity index (χ1) is 31.5. The maximum absolute atomic E-state index is 13.2. The third kappa shape index (κ3) is 35.1. The van der Waals surface area contributed by atoms with Gasteiger partial charge in [0.05, 0.1) is 19.8 Å². The third-order valence-corrected chi connectivity index (χ3v) is 12.6. The van der Waals surface area contributed by atoms with Crippen LogP contribution in [0.15, 0.2) is 24.3 Å². The molecule has 5 unspecified atom stereocenters. The molecule has 0 radical (unpaired) electrons. The number of aliphatic hydroxyl groups is 1. The second-order valence-corrected chi connectivity index (χ2v) is 19.0. The van der Waals surface area contributed by atoms with Crippen molar-refractivity contribution in [3.8, 4) is 0 Å². The zero-order chi connectivity index (χ0) is 47.8. The van der Waals surface area contributed by atoms with Gasteiger partial charge in [-0.15, -0.1) is 0 Å². The van der Waals surface area contributed by atoms with E-state index in [2.05, 4.69) is 56.9 Å². The van der Waals surface area contributed by atoms with Crippen LogP contribution in [0.2, 0.25) is 0 Å². The number of unbranched alkanes of at least 4 members (excludes halogenated alkanes) is 14. The standard InChI is InChI=1S/C54H97NO10/c1-7-10-13-14-15-16-17-18-19-20-21-22-23-24-25-28-33-48(44-63-54(60)41-47-38-39-49(45(47)4)65-53(59)37-31-40-55(5)6)64-52(58)36-30-29-32-46(42-61-50(56)34-26-11-8-2)43-62-51(57)35-27-12-9-3/h15-16,18-19,45-49,54,60H,7-14,17,20-44H2,1-6H3/b16-15-,19-18-. The molecule has 0 aromatic carbocycles. The van der Waals surface area contributed by atoms with Crippen LogP contribution in [-0.4, -0.2) is 92.8 Å². The highest BCUT2D eigenvalue weighted by molar-refractivity contribution is 5.70. The molecule has 1 rings (SSSR count). The highest BCUT2D eigenvalue weighted by atomic mass is 16.6. The fraction of sp³-hybridized carbons (Fsp3) is 0.852. The van der Waals surface area contributed by atoms with Gasteiger partial charge in [0.2, 0.25) is 0 Å². The van der Waals surface area contributed by atoms with E-state index in [-0.39, 0.29) is 74.0 Å². The molecule has 378 valence electrons. The van der Waals surface area contributed by atoms with Gasteiger partial charge in [-0.2, -0.15) is 0 Å². The zero-order valence-corrected chi connectivity index (χ0v) is 42.4. The number of nitrogens with zero attached hydrogens (tertiary/aromatic N) is 1. The summed E-state index contributed by atoms with van der Waals surface area (Å²) in [5.74, 6) is -0.770. The first kappa shape index (κ1) is 60.3. The van der Waals surface area contributed by atoms with Gasteiger partial charge in [-0.05, 0) is 122 Å².